The molecule has 2 aliphatic rings. The van der Waals surface area contributed by atoms with Crippen LogP contribution >= 0.6 is 0 Å². The maximum Gasteiger partial charge on any atom is 0.120 e. The lowest BCUT2D eigenvalue weighted by molar-refractivity contribution is -0.0519. The van der Waals surface area contributed by atoms with Gasteiger partial charge < -0.3 is 14.6 Å². The van der Waals surface area contributed by atoms with Crippen LogP contribution in [0.25, 0.3) is 0 Å². The summed E-state index contributed by atoms with van der Waals surface area (Å²) in [6.07, 6.45) is 6.49. The van der Waals surface area contributed by atoms with Crippen LogP contribution in [0.15, 0.2) is 12.3 Å². The van der Waals surface area contributed by atoms with E-state index in [-0.39, 0.29) is 0 Å². The smallest absolute Gasteiger partial charge is 0.120 e. The quantitative estimate of drug-likeness (QED) is 0.911. The lowest BCUT2D eigenvalue weighted by Crippen LogP contribution is -2.53. The van der Waals surface area contributed by atoms with Crippen LogP contribution in [0.5, 0.6) is 0 Å². The van der Waals surface area contributed by atoms with Gasteiger partial charge in [0, 0.05) is 32.9 Å². The second kappa shape index (κ2) is 6.41. The van der Waals surface area contributed by atoms with Gasteiger partial charge in [0.05, 0.1) is 5.60 Å². The number of nitrogens with zero attached hydrogens (tertiary/aromatic N) is 4. The molecule has 3 heterocycles. The maximum atomic E-state index is 10.9. The molecule has 5 heteroatoms. The molecular formula is C17H26N4O. The number of likely N-dealkylation sites (tertiary alicyclic amines) is 2. The Morgan fingerprint density at radius 3 is 2.64 bits per heavy atom. The van der Waals surface area contributed by atoms with Crippen LogP contribution < -0.4 is 0 Å². The molecule has 5 nitrogen and oxygen atoms in total. The van der Waals surface area contributed by atoms with Crippen molar-refractivity contribution in [2.45, 2.75) is 37.8 Å². The van der Waals surface area contributed by atoms with Crippen molar-refractivity contribution in [2.24, 2.45) is 7.05 Å². The van der Waals surface area contributed by atoms with Gasteiger partial charge in [-0.1, -0.05) is 0 Å². The van der Waals surface area contributed by atoms with Gasteiger partial charge in [-0.2, -0.15) is 5.26 Å². The zero-order chi connectivity index (χ0) is 15.6. The first kappa shape index (κ1) is 15.5. The van der Waals surface area contributed by atoms with Gasteiger partial charge in [-0.3, -0.25) is 4.90 Å². The monoisotopic (exact) mass is 302 g/mol. The summed E-state index contributed by atoms with van der Waals surface area (Å²) in [5, 5.41) is 20.0. The third-order valence-corrected chi connectivity index (χ3v) is 4.93. The Morgan fingerprint density at radius 2 is 1.95 bits per heavy atom. The highest BCUT2D eigenvalue weighted by Crippen LogP contribution is 2.25. The lowest BCUT2D eigenvalue weighted by atomic mass is 9.92. The van der Waals surface area contributed by atoms with E-state index < -0.39 is 5.60 Å². The van der Waals surface area contributed by atoms with Gasteiger partial charge in [0.15, 0.2) is 0 Å². The summed E-state index contributed by atoms with van der Waals surface area (Å²) in [5.41, 5.74) is 1.28. The van der Waals surface area contributed by atoms with E-state index in [9.17, 15) is 5.11 Å². The molecule has 2 aliphatic heterocycles. The van der Waals surface area contributed by atoms with Crippen LogP contribution in [-0.2, 0) is 13.6 Å². The minimum atomic E-state index is -0.574. The van der Waals surface area contributed by atoms with Gasteiger partial charge in [-0.05, 0) is 56.9 Å². The number of aryl methyl sites for hydroxylation is 1. The van der Waals surface area contributed by atoms with E-state index >= 15 is 0 Å². The van der Waals surface area contributed by atoms with E-state index in [1.165, 1.54) is 12.8 Å². The molecule has 2 fully saturated rings. The summed E-state index contributed by atoms with van der Waals surface area (Å²) in [6.45, 7) is 5.65. The number of hydrogen-bond acceptors (Lipinski definition) is 4. The van der Waals surface area contributed by atoms with Gasteiger partial charge in [-0.25, -0.2) is 0 Å². The Morgan fingerprint density at radius 1 is 1.23 bits per heavy atom. The number of nitriles is 1. The van der Waals surface area contributed by atoms with Gasteiger partial charge in [0.2, 0.25) is 0 Å². The van der Waals surface area contributed by atoms with E-state index in [2.05, 4.69) is 15.9 Å². The fourth-order valence-electron chi connectivity index (χ4n) is 3.92. The van der Waals surface area contributed by atoms with Crippen LogP contribution in [0.4, 0.5) is 0 Å². The molecule has 0 radical (unpaired) electrons. The molecule has 0 saturated carbocycles. The lowest BCUT2D eigenvalue weighted by Gasteiger charge is -2.41. The minimum Gasteiger partial charge on any atom is -0.387 e. The number of aliphatic hydroxyl groups is 1. The summed E-state index contributed by atoms with van der Waals surface area (Å²) in [7, 11) is 1.90. The van der Waals surface area contributed by atoms with Gasteiger partial charge >= 0.3 is 0 Å². The average molecular weight is 302 g/mol. The first-order valence-electron chi connectivity index (χ1n) is 8.30. The average Bonchev–Trinajstić information content (AvgIpc) is 3.08. The molecule has 1 aromatic heterocycles. The van der Waals surface area contributed by atoms with Crippen LogP contribution in [0.2, 0.25) is 0 Å². The summed E-state index contributed by atoms with van der Waals surface area (Å²) >= 11 is 0. The van der Waals surface area contributed by atoms with Crippen molar-refractivity contribution >= 4 is 0 Å². The third kappa shape index (κ3) is 3.52. The van der Waals surface area contributed by atoms with E-state index in [4.69, 9.17) is 5.26 Å². The van der Waals surface area contributed by atoms with Crippen molar-refractivity contribution in [3.05, 3.63) is 23.5 Å². The highest BCUT2D eigenvalue weighted by Gasteiger charge is 2.35. The van der Waals surface area contributed by atoms with Gasteiger partial charge in [0.25, 0.3) is 0 Å². The molecule has 120 valence electrons. The van der Waals surface area contributed by atoms with Crippen molar-refractivity contribution in [3.8, 4) is 6.07 Å². The topological polar surface area (TPSA) is 55.4 Å². The first-order valence-corrected chi connectivity index (χ1v) is 8.30. The first-order chi connectivity index (χ1) is 10.6. The molecule has 3 rings (SSSR count). The fourth-order valence-corrected chi connectivity index (χ4v) is 3.92. The van der Waals surface area contributed by atoms with E-state index in [0.29, 0.717) is 5.69 Å². The van der Waals surface area contributed by atoms with E-state index in [1.54, 1.807) is 0 Å². The molecule has 0 unspecified atom stereocenters. The maximum absolute atomic E-state index is 10.9. The predicted octanol–water partition coefficient (Wildman–Crippen LogP) is 1.32. The number of aromatic nitrogens is 1. The normalized spacial score (nSPS) is 27.1. The second-order valence-corrected chi connectivity index (χ2v) is 6.98. The third-order valence-electron chi connectivity index (χ3n) is 4.93. The number of β-amino-alcohol motifs (C(OH)–C–C–N with tert-alkyl or cyclic N) is 1. The Hall–Kier alpha value is -1.35. The largest absolute Gasteiger partial charge is 0.387 e. The van der Waals surface area contributed by atoms with Crippen LogP contribution in [-0.4, -0.2) is 57.8 Å². The van der Waals surface area contributed by atoms with Crippen molar-refractivity contribution < 1.29 is 5.11 Å². The number of hydrogen-bond donors (Lipinski definition) is 1. The molecular weight excluding hydrogens is 276 g/mol. The number of rotatable bonds is 4. The molecule has 1 atom stereocenters. The van der Waals surface area contributed by atoms with Crippen LogP contribution in [0.3, 0.4) is 0 Å². The summed E-state index contributed by atoms with van der Waals surface area (Å²) < 4.78 is 1.87. The Labute approximate surface area is 132 Å². The number of piperidine rings is 1. The SMILES string of the molecule is Cn1cc(CN2CCC[C@](O)(CN3CCCC3)C2)cc1C#N. The highest BCUT2D eigenvalue weighted by atomic mass is 16.3. The molecule has 22 heavy (non-hydrogen) atoms. The van der Waals surface area contributed by atoms with Crippen molar-refractivity contribution in [1.82, 2.24) is 14.4 Å². The highest BCUT2D eigenvalue weighted by molar-refractivity contribution is 5.28. The Balaban J connectivity index is 1.60. The Bertz CT molecular complexity index is 555. The fraction of sp³-hybridized carbons (Fsp3) is 0.706. The molecule has 0 aliphatic carbocycles. The molecule has 2 saturated heterocycles. The Kier molecular flexibility index (Phi) is 4.53. The molecule has 0 spiro atoms. The van der Waals surface area contributed by atoms with E-state index in [0.717, 1.165) is 57.7 Å². The summed E-state index contributed by atoms with van der Waals surface area (Å²) in [4.78, 5) is 4.73. The van der Waals surface area contributed by atoms with Crippen LogP contribution in [0.1, 0.15) is 36.9 Å². The zero-order valence-electron chi connectivity index (χ0n) is 13.5. The molecule has 0 amide bonds. The van der Waals surface area contributed by atoms with Crippen molar-refractivity contribution in [1.29, 1.82) is 5.26 Å². The van der Waals surface area contributed by atoms with Gasteiger partial charge in [0.1, 0.15) is 11.8 Å². The molecule has 1 N–H and O–H groups in total. The second-order valence-electron chi connectivity index (χ2n) is 6.98. The standard InChI is InChI=1S/C17H26N4O/c1-19-11-15(9-16(19)10-18)12-21-8-4-5-17(22,14-21)13-20-6-2-3-7-20/h9,11,22H,2-8,12-14H2,1H3/t17-/m0/s1. The van der Waals surface area contributed by atoms with Crippen molar-refractivity contribution in [2.75, 3.05) is 32.7 Å². The summed E-state index contributed by atoms with van der Waals surface area (Å²) in [5.74, 6) is 0. The zero-order valence-corrected chi connectivity index (χ0v) is 13.5. The molecule has 0 bridgehead atoms. The van der Waals surface area contributed by atoms with E-state index in [1.807, 2.05) is 23.9 Å². The van der Waals surface area contributed by atoms with Crippen molar-refractivity contribution in [3.63, 3.8) is 0 Å². The summed E-state index contributed by atoms with van der Waals surface area (Å²) in [6, 6.07) is 4.16. The molecule has 0 aromatic carbocycles. The van der Waals surface area contributed by atoms with Crippen LogP contribution in [0, 0.1) is 11.3 Å². The van der Waals surface area contributed by atoms with Gasteiger partial charge in [-0.15, -0.1) is 0 Å². The predicted molar refractivity (Wildman–Crippen MR) is 85.3 cm³/mol. The molecule has 1 aromatic rings. The minimum absolute atomic E-state index is 0.574.